The average Bonchev–Trinajstić information content (AvgIpc) is 2.69. The summed E-state index contributed by atoms with van der Waals surface area (Å²) >= 11 is 5.84. The van der Waals surface area contributed by atoms with Gasteiger partial charge in [-0.2, -0.15) is 0 Å². The van der Waals surface area contributed by atoms with Crippen molar-refractivity contribution in [2.45, 2.75) is 13.5 Å². The molecule has 0 aliphatic rings. The topological polar surface area (TPSA) is 59.9 Å². The van der Waals surface area contributed by atoms with Crippen molar-refractivity contribution in [2.75, 3.05) is 5.32 Å². The number of aromatic nitrogens is 3. The van der Waals surface area contributed by atoms with Crippen LogP contribution in [0.3, 0.4) is 0 Å². The maximum Gasteiger partial charge on any atom is 0.138 e. The monoisotopic (exact) mass is 376 g/mol. The van der Waals surface area contributed by atoms with E-state index in [0.29, 0.717) is 11.8 Å². The molecule has 0 saturated carbocycles. The SMILES string of the molecule is Cc1ccc(COc2ccc3c(Nc4ccc(Cl)nc4)nccc3c2)cn1. The predicted octanol–water partition coefficient (Wildman–Crippen LogP) is 5.31. The number of nitrogens with one attached hydrogen (secondary N) is 1. The highest BCUT2D eigenvalue weighted by molar-refractivity contribution is 6.29. The van der Waals surface area contributed by atoms with E-state index in [1.807, 2.05) is 55.6 Å². The molecule has 0 amide bonds. The summed E-state index contributed by atoms with van der Waals surface area (Å²) in [5.41, 5.74) is 2.85. The van der Waals surface area contributed by atoms with E-state index in [2.05, 4.69) is 20.3 Å². The molecule has 0 unspecified atom stereocenters. The quantitative estimate of drug-likeness (QED) is 0.478. The summed E-state index contributed by atoms with van der Waals surface area (Å²) in [5, 5.41) is 5.76. The van der Waals surface area contributed by atoms with Crippen LogP contribution in [0.2, 0.25) is 5.15 Å². The van der Waals surface area contributed by atoms with E-state index in [4.69, 9.17) is 16.3 Å². The van der Waals surface area contributed by atoms with Crippen LogP contribution in [0, 0.1) is 6.92 Å². The molecule has 0 aliphatic heterocycles. The number of pyridine rings is 3. The van der Waals surface area contributed by atoms with Crippen molar-refractivity contribution in [2.24, 2.45) is 0 Å². The molecule has 0 saturated heterocycles. The second-order valence-electron chi connectivity index (χ2n) is 6.13. The lowest BCUT2D eigenvalue weighted by Gasteiger charge is -2.11. The summed E-state index contributed by atoms with van der Waals surface area (Å²) in [7, 11) is 0. The molecule has 3 aromatic heterocycles. The molecule has 4 aromatic rings. The van der Waals surface area contributed by atoms with Crippen molar-refractivity contribution in [3.63, 3.8) is 0 Å². The molecule has 3 heterocycles. The summed E-state index contributed by atoms with van der Waals surface area (Å²) in [4.78, 5) is 12.8. The highest BCUT2D eigenvalue weighted by Gasteiger charge is 2.05. The average molecular weight is 377 g/mol. The number of fused-ring (bicyclic) bond motifs is 1. The highest BCUT2D eigenvalue weighted by Crippen LogP contribution is 2.28. The van der Waals surface area contributed by atoms with Crippen LogP contribution >= 0.6 is 11.6 Å². The number of rotatable bonds is 5. The fraction of sp³-hybridized carbons (Fsp3) is 0.0952. The molecule has 0 spiro atoms. The van der Waals surface area contributed by atoms with Crippen molar-refractivity contribution in [3.8, 4) is 5.75 Å². The summed E-state index contributed by atoms with van der Waals surface area (Å²) in [5.74, 6) is 1.55. The number of nitrogens with zero attached hydrogens (tertiary/aromatic N) is 3. The number of aryl methyl sites for hydroxylation is 1. The molecule has 1 aromatic carbocycles. The maximum atomic E-state index is 5.91. The predicted molar refractivity (Wildman–Crippen MR) is 108 cm³/mol. The fourth-order valence-electron chi connectivity index (χ4n) is 2.68. The molecular formula is C21H17ClN4O. The largest absolute Gasteiger partial charge is 0.489 e. The first-order chi connectivity index (χ1) is 13.2. The van der Waals surface area contributed by atoms with Crippen LogP contribution in [-0.4, -0.2) is 15.0 Å². The Balaban J connectivity index is 1.54. The molecule has 0 fully saturated rings. The van der Waals surface area contributed by atoms with E-state index in [-0.39, 0.29) is 0 Å². The lowest BCUT2D eigenvalue weighted by Crippen LogP contribution is -1.98. The smallest absolute Gasteiger partial charge is 0.138 e. The standard InChI is InChI=1S/C21H17ClN4O/c1-14-2-3-15(11-24-14)13-27-18-5-6-19-16(10-18)8-9-23-21(19)26-17-4-7-20(22)25-12-17/h2-12H,13H2,1H3,(H,23,26). The summed E-state index contributed by atoms with van der Waals surface area (Å²) < 4.78 is 5.91. The van der Waals surface area contributed by atoms with Crippen LogP contribution in [0.5, 0.6) is 5.75 Å². The van der Waals surface area contributed by atoms with Crippen molar-refractivity contribution >= 4 is 33.9 Å². The number of benzene rings is 1. The van der Waals surface area contributed by atoms with Gasteiger partial charge in [-0.25, -0.2) is 9.97 Å². The third-order valence-corrected chi connectivity index (χ3v) is 4.33. The van der Waals surface area contributed by atoms with E-state index in [9.17, 15) is 0 Å². The summed E-state index contributed by atoms with van der Waals surface area (Å²) in [6, 6.07) is 15.5. The normalized spacial score (nSPS) is 10.7. The van der Waals surface area contributed by atoms with E-state index in [1.54, 1.807) is 18.5 Å². The van der Waals surface area contributed by atoms with E-state index in [0.717, 1.165) is 39.3 Å². The highest BCUT2D eigenvalue weighted by atomic mass is 35.5. The minimum absolute atomic E-state index is 0.456. The fourth-order valence-corrected chi connectivity index (χ4v) is 2.79. The molecule has 134 valence electrons. The van der Waals surface area contributed by atoms with Gasteiger partial charge in [0.05, 0.1) is 11.9 Å². The van der Waals surface area contributed by atoms with Crippen LogP contribution < -0.4 is 10.1 Å². The Hall–Kier alpha value is -3.18. The molecule has 0 aliphatic carbocycles. The van der Waals surface area contributed by atoms with Gasteiger partial charge in [0.15, 0.2) is 0 Å². The Bertz CT molecular complexity index is 1070. The van der Waals surface area contributed by atoms with Crippen molar-refractivity contribution in [3.05, 3.63) is 83.5 Å². The Morgan fingerprint density at radius 3 is 2.67 bits per heavy atom. The van der Waals surface area contributed by atoms with Crippen molar-refractivity contribution < 1.29 is 4.74 Å². The van der Waals surface area contributed by atoms with Gasteiger partial charge >= 0.3 is 0 Å². The van der Waals surface area contributed by atoms with Gasteiger partial charge in [-0.3, -0.25) is 4.98 Å². The van der Waals surface area contributed by atoms with Gasteiger partial charge in [0.1, 0.15) is 23.3 Å². The zero-order chi connectivity index (χ0) is 18.6. The maximum absolute atomic E-state index is 5.91. The molecule has 27 heavy (non-hydrogen) atoms. The lowest BCUT2D eigenvalue weighted by molar-refractivity contribution is 0.306. The van der Waals surface area contributed by atoms with Gasteiger partial charge in [0.2, 0.25) is 0 Å². The number of hydrogen-bond donors (Lipinski definition) is 1. The van der Waals surface area contributed by atoms with Gasteiger partial charge < -0.3 is 10.1 Å². The molecular weight excluding hydrogens is 360 g/mol. The van der Waals surface area contributed by atoms with Gasteiger partial charge in [0, 0.05) is 29.0 Å². The zero-order valence-corrected chi connectivity index (χ0v) is 15.4. The molecule has 1 N–H and O–H groups in total. The molecule has 4 rings (SSSR count). The Morgan fingerprint density at radius 1 is 0.963 bits per heavy atom. The molecule has 6 heteroatoms. The van der Waals surface area contributed by atoms with Gasteiger partial charge in [-0.1, -0.05) is 17.7 Å². The third kappa shape index (κ3) is 4.15. The second-order valence-corrected chi connectivity index (χ2v) is 6.52. The Morgan fingerprint density at radius 2 is 1.89 bits per heavy atom. The van der Waals surface area contributed by atoms with E-state index in [1.165, 1.54) is 0 Å². The molecule has 0 bridgehead atoms. The van der Waals surface area contributed by atoms with Crippen molar-refractivity contribution in [1.82, 2.24) is 15.0 Å². The van der Waals surface area contributed by atoms with Crippen molar-refractivity contribution in [1.29, 1.82) is 0 Å². The second kappa shape index (κ2) is 7.60. The van der Waals surface area contributed by atoms with Crippen LogP contribution in [0.1, 0.15) is 11.3 Å². The summed E-state index contributed by atoms with van der Waals surface area (Å²) in [6.45, 7) is 2.44. The first kappa shape index (κ1) is 17.2. The third-order valence-electron chi connectivity index (χ3n) is 4.10. The number of halogens is 1. The number of ether oxygens (including phenoxy) is 1. The van der Waals surface area contributed by atoms with Crippen LogP contribution in [0.4, 0.5) is 11.5 Å². The Kier molecular flexibility index (Phi) is 4.85. The number of hydrogen-bond acceptors (Lipinski definition) is 5. The minimum atomic E-state index is 0.456. The molecule has 5 nitrogen and oxygen atoms in total. The van der Waals surface area contributed by atoms with Crippen LogP contribution in [0.25, 0.3) is 10.8 Å². The van der Waals surface area contributed by atoms with Gasteiger partial charge in [-0.15, -0.1) is 0 Å². The van der Waals surface area contributed by atoms with Crippen LogP contribution in [0.15, 0.2) is 67.1 Å². The first-order valence-electron chi connectivity index (χ1n) is 8.49. The zero-order valence-electron chi connectivity index (χ0n) is 14.7. The molecule has 0 radical (unpaired) electrons. The minimum Gasteiger partial charge on any atom is -0.489 e. The Labute approximate surface area is 162 Å². The van der Waals surface area contributed by atoms with E-state index >= 15 is 0 Å². The molecule has 0 atom stereocenters. The van der Waals surface area contributed by atoms with Gasteiger partial charge in [-0.05, 0) is 54.8 Å². The van der Waals surface area contributed by atoms with Crippen LogP contribution in [-0.2, 0) is 6.61 Å². The van der Waals surface area contributed by atoms with E-state index < -0.39 is 0 Å². The lowest BCUT2D eigenvalue weighted by atomic mass is 10.1. The number of anilines is 2. The summed E-state index contributed by atoms with van der Waals surface area (Å²) in [6.07, 6.45) is 5.28. The van der Waals surface area contributed by atoms with Gasteiger partial charge in [0.25, 0.3) is 0 Å². The first-order valence-corrected chi connectivity index (χ1v) is 8.87.